The van der Waals surface area contributed by atoms with Gasteiger partial charge in [0.2, 0.25) is 0 Å². The molecule has 0 bridgehead atoms. The molecule has 1 aromatic rings. The maximum Gasteiger partial charge on any atom is 0.133 e. The van der Waals surface area contributed by atoms with Gasteiger partial charge in [0.25, 0.3) is 0 Å². The van der Waals surface area contributed by atoms with Gasteiger partial charge in [-0.15, -0.1) is 0 Å². The summed E-state index contributed by atoms with van der Waals surface area (Å²) in [5.74, 6) is 1.99. The Morgan fingerprint density at radius 2 is 2.28 bits per heavy atom. The SMILES string of the molecule is CCC1CCCN(c2ncccc2[C@@H](C)N)CC1. The van der Waals surface area contributed by atoms with Crippen LogP contribution in [0.2, 0.25) is 0 Å². The van der Waals surface area contributed by atoms with E-state index in [1.807, 2.05) is 19.2 Å². The van der Waals surface area contributed by atoms with E-state index in [-0.39, 0.29) is 6.04 Å². The Kier molecular flexibility index (Phi) is 4.59. The van der Waals surface area contributed by atoms with Crippen LogP contribution in [-0.2, 0) is 0 Å². The molecule has 2 heterocycles. The second-order valence-electron chi connectivity index (χ2n) is 5.40. The molecule has 3 heteroatoms. The van der Waals surface area contributed by atoms with E-state index in [0.29, 0.717) is 0 Å². The maximum absolute atomic E-state index is 6.05. The highest BCUT2D eigenvalue weighted by Gasteiger charge is 2.19. The van der Waals surface area contributed by atoms with Crippen LogP contribution in [0.4, 0.5) is 5.82 Å². The third-order valence-electron chi connectivity index (χ3n) is 4.03. The highest BCUT2D eigenvalue weighted by Crippen LogP contribution is 2.27. The first-order valence-corrected chi connectivity index (χ1v) is 7.17. The Morgan fingerprint density at radius 3 is 3.00 bits per heavy atom. The molecule has 2 N–H and O–H groups in total. The van der Waals surface area contributed by atoms with Gasteiger partial charge < -0.3 is 10.6 Å². The quantitative estimate of drug-likeness (QED) is 0.892. The molecule has 1 fully saturated rings. The highest BCUT2D eigenvalue weighted by molar-refractivity contribution is 5.48. The van der Waals surface area contributed by atoms with Gasteiger partial charge in [0.1, 0.15) is 5.82 Å². The summed E-state index contributed by atoms with van der Waals surface area (Å²) in [6.07, 6.45) is 7.09. The first-order chi connectivity index (χ1) is 8.72. The highest BCUT2D eigenvalue weighted by atomic mass is 15.2. The smallest absolute Gasteiger partial charge is 0.133 e. The summed E-state index contributed by atoms with van der Waals surface area (Å²) < 4.78 is 0. The van der Waals surface area contributed by atoms with E-state index in [1.165, 1.54) is 31.2 Å². The molecule has 1 aromatic heterocycles. The third-order valence-corrected chi connectivity index (χ3v) is 4.03. The number of aromatic nitrogens is 1. The topological polar surface area (TPSA) is 42.2 Å². The number of hydrogen-bond donors (Lipinski definition) is 1. The van der Waals surface area contributed by atoms with Crippen molar-refractivity contribution in [2.45, 2.75) is 45.6 Å². The van der Waals surface area contributed by atoms with Gasteiger partial charge in [-0.3, -0.25) is 0 Å². The minimum absolute atomic E-state index is 0.0546. The fourth-order valence-electron chi connectivity index (χ4n) is 2.81. The lowest BCUT2D eigenvalue weighted by Crippen LogP contribution is -2.27. The lowest BCUT2D eigenvalue weighted by molar-refractivity contribution is 0.459. The number of nitrogens with zero attached hydrogens (tertiary/aromatic N) is 2. The van der Waals surface area contributed by atoms with Crippen LogP contribution in [0.15, 0.2) is 18.3 Å². The van der Waals surface area contributed by atoms with E-state index < -0.39 is 0 Å². The molecule has 2 atom stereocenters. The minimum Gasteiger partial charge on any atom is -0.356 e. The first-order valence-electron chi connectivity index (χ1n) is 7.17. The fraction of sp³-hybridized carbons (Fsp3) is 0.667. The lowest BCUT2D eigenvalue weighted by atomic mass is 9.98. The zero-order valence-electron chi connectivity index (χ0n) is 11.6. The van der Waals surface area contributed by atoms with Gasteiger partial charge in [0, 0.05) is 30.9 Å². The van der Waals surface area contributed by atoms with Crippen molar-refractivity contribution in [3.63, 3.8) is 0 Å². The predicted octanol–water partition coefficient (Wildman–Crippen LogP) is 3.12. The Balaban J connectivity index is 2.16. The molecule has 2 rings (SSSR count). The summed E-state index contributed by atoms with van der Waals surface area (Å²) in [6, 6.07) is 4.14. The van der Waals surface area contributed by atoms with Crippen LogP contribution in [0.3, 0.4) is 0 Å². The minimum atomic E-state index is 0.0546. The standard InChI is InChI=1S/C15H25N3/c1-3-13-6-5-10-18(11-8-13)15-14(12(2)16)7-4-9-17-15/h4,7,9,12-13H,3,5-6,8,10-11,16H2,1-2H3/t12-,13?/m1/s1. The van der Waals surface area contributed by atoms with Crippen LogP contribution < -0.4 is 10.6 Å². The fourth-order valence-corrected chi connectivity index (χ4v) is 2.81. The second-order valence-corrected chi connectivity index (χ2v) is 5.40. The summed E-state index contributed by atoms with van der Waals surface area (Å²) in [4.78, 5) is 6.99. The molecule has 0 saturated carbocycles. The molecule has 0 aliphatic carbocycles. The van der Waals surface area contributed by atoms with Gasteiger partial charge in [0.05, 0.1) is 0 Å². The summed E-state index contributed by atoms with van der Waals surface area (Å²) in [6.45, 7) is 6.57. The number of hydrogen-bond acceptors (Lipinski definition) is 3. The van der Waals surface area contributed by atoms with Crippen molar-refractivity contribution in [3.05, 3.63) is 23.9 Å². The van der Waals surface area contributed by atoms with E-state index >= 15 is 0 Å². The molecule has 100 valence electrons. The Bertz CT molecular complexity index is 376. The molecule has 1 saturated heterocycles. The molecule has 1 aliphatic rings. The van der Waals surface area contributed by atoms with Gasteiger partial charge in [-0.2, -0.15) is 0 Å². The number of nitrogens with two attached hydrogens (primary N) is 1. The predicted molar refractivity (Wildman–Crippen MR) is 76.7 cm³/mol. The van der Waals surface area contributed by atoms with E-state index in [9.17, 15) is 0 Å². The van der Waals surface area contributed by atoms with Crippen LogP contribution >= 0.6 is 0 Å². The maximum atomic E-state index is 6.05. The zero-order chi connectivity index (χ0) is 13.0. The zero-order valence-corrected chi connectivity index (χ0v) is 11.6. The van der Waals surface area contributed by atoms with Crippen molar-refractivity contribution in [2.24, 2.45) is 11.7 Å². The van der Waals surface area contributed by atoms with Crippen molar-refractivity contribution in [3.8, 4) is 0 Å². The third kappa shape index (κ3) is 3.02. The van der Waals surface area contributed by atoms with Gasteiger partial charge in [-0.05, 0) is 38.2 Å². The van der Waals surface area contributed by atoms with Crippen LogP contribution in [-0.4, -0.2) is 18.1 Å². The average molecular weight is 247 g/mol. The van der Waals surface area contributed by atoms with Crippen molar-refractivity contribution in [2.75, 3.05) is 18.0 Å². The molecular formula is C15H25N3. The molecule has 0 spiro atoms. The van der Waals surface area contributed by atoms with E-state index in [1.54, 1.807) is 0 Å². The van der Waals surface area contributed by atoms with Crippen molar-refractivity contribution >= 4 is 5.82 Å². The normalized spacial score (nSPS) is 22.6. The summed E-state index contributed by atoms with van der Waals surface area (Å²) in [5.41, 5.74) is 7.22. The lowest BCUT2D eigenvalue weighted by Gasteiger charge is -2.25. The van der Waals surface area contributed by atoms with Crippen molar-refractivity contribution in [1.29, 1.82) is 0 Å². The Labute approximate surface area is 110 Å². The number of anilines is 1. The van der Waals surface area contributed by atoms with E-state index in [4.69, 9.17) is 5.73 Å². The summed E-state index contributed by atoms with van der Waals surface area (Å²) >= 11 is 0. The molecule has 0 amide bonds. The van der Waals surface area contributed by atoms with Gasteiger partial charge >= 0.3 is 0 Å². The summed E-state index contributed by atoms with van der Waals surface area (Å²) in [7, 11) is 0. The largest absolute Gasteiger partial charge is 0.356 e. The van der Waals surface area contributed by atoms with Crippen LogP contribution in [0.5, 0.6) is 0 Å². The second kappa shape index (κ2) is 6.19. The molecule has 0 radical (unpaired) electrons. The molecule has 18 heavy (non-hydrogen) atoms. The monoisotopic (exact) mass is 247 g/mol. The first kappa shape index (κ1) is 13.3. The van der Waals surface area contributed by atoms with E-state index in [0.717, 1.165) is 24.8 Å². The van der Waals surface area contributed by atoms with Crippen molar-refractivity contribution in [1.82, 2.24) is 4.98 Å². The molecule has 1 aliphatic heterocycles. The van der Waals surface area contributed by atoms with Crippen molar-refractivity contribution < 1.29 is 0 Å². The molecule has 1 unspecified atom stereocenters. The Hall–Kier alpha value is -1.09. The molecule has 0 aromatic carbocycles. The van der Waals surface area contributed by atoms with Crippen LogP contribution in [0.1, 0.15) is 51.1 Å². The van der Waals surface area contributed by atoms with Crippen LogP contribution in [0.25, 0.3) is 0 Å². The van der Waals surface area contributed by atoms with Gasteiger partial charge in [-0.1, -0.05) is 19.4 Å². The van der Waals surface area contributed by atoms with E-state index in [2.05, 4.69) is 22.9 Å². The van der Waals surface area contributed by atoms with Gasteiger partial charge in [0.15, 0.2) is 0 Å². The molecular weight excluding hydrogens is 222 g/mol. The summed E-state index contributed by atoms with van der Waals surface area (Å²) in [5, 5.41) is 0. The van der Waals surface area contributed by atoms with Gasteiger partial charge in [-0.25, -0.2) is 4.98 Å². The Morgan fingerprint density at radius 1 is 1.44 bits per heavy atom. The average Bonchev–Trinajstić information content (AvgIpc) is 2.63. The number of rotatable bonds is 3. The molecule has 3 nitrogen and oxygen atoms in total. The van der Waals surface area contributed by atoms with Crippen LogP contribution in [0, 0.1) is 5.92 Å². The number of pyridine rings is 1.